The predicted octanol–water partition coefficient (Wildman–Crippen LogP) is -1.61. The Morgan fingerprint density at radius 1 is 1.46 bits per heavy atom. The molecule has 11 heteroatoms. The fourth-order valence-electron chi connectivity index (χ4n) is 2.06. The lowest BCUT2D eigenvalue weighted by atomic mass is 10.1. The Labute approximate surface area is 146 Å². The number of guanidine groups is 1. The monoisotopic (exact) mass is 362 g/mol. The van der Waals surface area contributed by atoms with Crippen molar-refractivity contribution in [2.75, 3.05) is 19.9 Å². The lowest BCUT2D eigenvalue weighted by Crippen LogP contribution is -2.54. The summed E-state index contributed by atoms with van der Waals surface area (Å²) >= 11 is 0. The fourth-order valence-corrected chi connectivity index (χ4v) is 2.06. The second-order valence-corrected chi connectivity index (χ2v) is 5.62. The summed E-state index contributed by atoms with van der Waals surface area (Å²) in [6, 6.07) is -1.26. The molecule has 1 amide bonds. The zero-order chi connectivity index (χ0) is 17.0. The summed E-state index contributed by atoms with van der Waals surface area (Å²) in [7, 11) is 0. The average molecular weight is 363 g/mol. The fraction of sp³-hybridized carbons (Fsp3) is 0.692. The molecule has 2 unspecified atom stereocenters. The second kappa shape index (κ2) is 8.81. The van der Waals surface area contributed by atoms with Crippen LogP contribution >= 0.6 is 12.4 Å². The van der Waals surface area contributed by atoms with Crippen LogP contribution in [-0.4, -0.2) is 67.3 Å². The normalized spacial score (nSPS) is 23.2. The van der Waals surface area contributed by atoms with Gasteiger partial charge < -0.3 is 25.8 Å². The van der Waals surface area contributed by atoms with Gasteiger partial charge in [0, 0.05) is 0 Å². The Hall–Kier alpha value is -1.91. The van der Waals surface area contributed by atoms with E-state index in [0.29, 0.717) is 0 Å². The molecule has 5 N–H and O–H groups in total. The minimum Gasteiger partial charge on any atom is -0.462 e. The number of hydrogen-bond donors (Lipinski definition) is 3. The summed E-state index contributed by atoms with van der Waals surface area (Å²) in [6.07, 6.45) is 0.998. The van der Waals surface area contributed by atoms with Crippen LogP contribution in [0.4, 0.5) is 0 Å². The molecule has 0 aliphatic carbocycles. The number of carbonyl (C=O) groups excluding carboxylic acids is 2. The van der Waals surface area contributed by atoms with Crippen molar-refractivity contribution in [2.24, 2.45) is 27.4 Å². The van der Waals surface area contributed by atoms with Gasteiger partial charge in [-0.05, 0) is 5.92 Å². The summed E-state index contributed by atoms with van der Waals surface area (Å²) in [5.41, 5.74) is 11.2. The Morgan fingerprint density at radius 2 is 2.17 bits per heavy atom. The molecule has 3 atom stereocenters. The van der Waals surface area contributed by atoms with Crippen molar-refractivity contribution in [3.8, 4) is 0 Å². The Balaban J connectivity index is 0.00000288. The van der Waals surface area contributed by atoms with Gasteiger partial charge in [0.15, 0.2) is 18.2 Å². The second-order valence-electron chi connectivity index (χ2n) is 5.62. The van der Waals surface area contributed by atoms with Gasteiger partial charge >= 0.3 is 5.97 Å². The van der Waals surface area contributed by atoms with Crippen molar-refractivity contribution in [3.63, 3.8) is 0 Å². The van der Waals surface area contributed by atoms with E-state index in [0.717, 1.165) is 0 Å². The molecular weight excluding hydrogens is 340 g/mol. The first-order chi connectivity index (χ1) is 10.9. The van der Waals surface area contributed by atoms with Gasteiger partial charge in [-0.15, -0.1) is 12.4 Å². The molecule has 0 saturated carbocycles. The van der Waals surface area contributed by atoms with Crippen LogP contribution in [0, 0.1) is 5.92 Å². The topological polar surface area (TPSA) is 145 Å². The maximum absolute atomic E-state index is 11.7. The Bertz CT molecular complexity index is 527. The van der Waals surface area contributed by atoms with E-state index in [4.69, 9.17) is 20.9 Å². The van der Waals surface area contributed by atoms with Gasteiger partial charge in [-0.3, -0.25) is 19.9 Å². The number of amides is 1. The van der Waals surface area contributed by atoms with E-state index in [1.165, 1.54) is 6.34 Å². The first kappa shape index (κ1) is 20.1. The summed E-state index contributed by atoms with van der Waals surface area (Å²) in [5.74, 6) is -0.670. The van der Waals surface area contributed by atoms with Gasteiger partial charge in [-0.25, -0.2) is 4.99 Å². The standard InChI is InChI=1S/C13H22N6O4.ClH/c1-7(2)8(14)12(21)23-4-3-22-6-19-5-16-9-10(19)17-13(15)18-11(9)20;/h5,7-10H,3-4,6,14H2,1-2H3,(H3,15,17,18,20);1H/t8-,9?,10?;/m0./s1. The molecule has 0 radical (unpaired) electrons. The van der Waals surface area contributed by atoms with Gasteiger partial charge in [0.2, 0.25) is 0 Å². The van der Waals surface area contributed by atoms with Crippen molar-refractivity contribution in [1.82, 2.24) is 10.2 Å². The molecule has 2 aliphatic heterocycles. The van der Waals surface area contributed by atoms with Crippen LogP contribution in [0.1, 0.15) is 13.8 Å². The summed E-state index contributed by atoms with van der Waals surface area (Å²) in [5, 5.41) is 2.42. The van der Waals surface area contributed by atoms with Crippen LogP contribution in [0.3, 0.4) is 0 Å². The van der Waals surface area contributed by atoms with Crippen molar-refractivity contribution < 1.29 is 19.1 Å². The maximum atomic E-state index is 11.7. The molecule has 0 fully saturated rings. The summed E-state index contributed by atoms with van der Waals surface area (Å²) in [4.78, 5) is 33.1. The van der Waals surface area contributed by atoms with Crippen molar-refractivity contribution in [3.05, 3.63) is 0 Å². The smallest absolute Gasteiger partial charge is 0.323 e. The van der Waals surface area contributed by atoms with Gasteiger partial charge in [-0.2, -0.15) is 0 Å². The van der Waals surface area contributed by atoms with Gasteiger partial charge in [0.05, 0.1) is 12.9 Å². The molecule has 0 aromatic heterocycles. The molecule has 0 spiro atoms. The quantitative estimate of drug-likeness (QED) is 0.365. The highest BCUT2D eigenvalue weighted by molar-refractivity contribution is 6.02. The highest BCUT2D eigenvalue weighted by Crippen LogP contribution is 2.17. The number of rotatable bonds is 7. The van der Waals surface area contributed by atoms with Crippen LogP contribution in [0.5, 0.6) is 0 Å². The lowest BCUT2D eigenvalue weighted by Gasteiger charge is -2.27. The maximum Gasteiger partial charge on any atom is 0.323 e. The van der Waals surface area contributed by atoms with Gasteiger partial charge in [0.1, 0.15) is 19.4 Å². The number of esters is 1. The number of aliphatic imine (C=N–C) groups is 2. The number of hydrogen-bond acceptors (Lipinski definition) is 9. The third-order valence-electron chi connectivity index (χ3n) is 3.49. The van der Waals surface area contributed by atoms with E-state index in [-0.39, 0.29) is 50.1 Å². The molecule has 0 aromatic carbocycles. The Morgan fingerprint density at radius 3 is 2.83 bits per heavy atom. The zero-order valence-corrected chi connectivity index (χ0v) is 14.4. The molecule has 0 bridgehead atoms. The highest BCUT2D eigenvalue weighted by Gasteiger charge is 2.39. The van der Waals surface area contributed by atoms with Crippen molar-refractivity contribution in [1.29, 1.82) is 0 Å². The largest absolute Gasteiger partial charge is 0.462 e. The van der Waals surface area contributed by atoms with Crippen molar-refractivity contribution in [2.45, 2.75) is 32.1 Å². The van der Waals surface area contributed by atoms with E-state index in [2.05, 4.69) is 15.3 Å². The molecule has 0 saturated heterocycles. The third-order valence-corrected chi connectivity index (χ3v) is 3.49. The minimum atomic E-state index is -0.639. The lowest BCUT2D eigenvalue weighted by molar-refractivity contribution is -0.148. The van der Waals surface area contributed by atoms with E-state index < -0.39 is 24.2 Å². The molecular formula is C13H23ClN6O4. The summed E-state index contributed by atoms with van der Waals surface area (Å²) in [6.45, 7) is 4.15. The number of nitrogens with zero attached hydrogens (tertiary/aromatic N) is 3. The minimum absolute atomic E-state index is 0. The van der Waals surface area contributed by atoms with Crippen LogP contribution in [-0.2, 0) is 19.1 Å². The molecule has 136 valence electrons. The number of nitrogens with two attached hydrogens (primary N) is 2. The van der Waals surface area contributed by atoms with E-state index in [1.54, 1.807) is 4.90 Å². The average Bonchev–Trinajstić information content (AvgIpc) is 2.89. The number of nitrogens with one attached hydrogen (secondary N) is 1. The molecule has 2 aliphatic rings. The van der Waals surface area contributed by atoms with Crippen molar-refractivity contribution >= 4 is 36.6 Å². The summed E-state index contributed by atoms with van der Waals surface area (Å²) < 4.78 is 10.4. The van der Waals surface area contributed by atoms with Gasteiger partial charge in [0.25, 0.3) is 5.91 Å². The van der Waals surface area contributed by atoms with Gasteiger partial charge in [-0.1, -0.05) is 13.8 Å². The zero-order valence-electron chi connectivity index (χ0n) is 13.5. The molecule has 2 heterocycles. The number of fused-ring (bicyclic) bond motifs is 1. The van der Waals surface area contributed by atoms with Crippen LogP contribution in [0.2, 0.25) is 0 Å². The first-order valence-electron chi connectivity index (χ1n) is 7.33. The number of carbonyl (C=O) groups is 2. The van der Waals surface area contributed by atoms with Crippen LogP contribution < -0.4 is 16.8 Å². The number of ether oxygens (including phenoxy) is 2. The number of halogens is 1. The van der Waals surface area contributed by atoms with Crippen LogP contribution in [0.15, 0.2) is 9.98 Å². The predicted molar refractivity (Wildman–Crippen MR) is 89.5 cm³/mol. The molecule has 0 aromatic rings. The molecule has 2 rings (SSSR count). The Kier molecular flexibility index (Phi) is 7.39. The van der Waals surface area contributed by atoms with E-state index in [1.807, 2.05) is 13.8 Å². The third kappa shape index (κ3) is 4.79. The van der Waals surface area contributed by atoms with E-state index in [9.17, 15) is 9.59 Å². The highest BCUT2D eigenvalue weighted by atomic mass is 35.5. The van der Waals surface area contributed by atoms with E-state index >= 15 is 0 Å². The van der Waals surface area contributed by atoms with Crippen LogP contribution in [0.25, 0.3) is 0 Å². The molecule has 10 nitrogen and oxygen atoms in total. The SMILES string of the molecule is CC(C)[C@H](N)C(=O)OCCOCN1C=NC2C(=O)NC(N)=NC21.Cl. The first-order valence-corrected chi connectivity index (χ1v) is 7.33. The molecule has 24 heavy (non-hydrogen) atoms.